The molecule has 2 aliphatic rings. The number of aliphatic hydroxyl groups excluding tert-OH is 1. The Bertz CT molecular complexity index is 264. The predicted octanol–water partition coefficient (Wildman–Crippen LogP) is 0.890. The van der Waals surface area contributed by atoms with E-state index in [4.69, 9.17) is 5.11 Å². The van der Waals surface area contributed by atoms with Crippen LogP contribution < -0.4 is 5.32 Å². The maximum absolute atomic E-state index is 12.0. The second-order valence-corrected chi connectivity index (χ2v) is 5.36. The van der Waals surface area contributed by atoms with Crippen LogP contribution >= 0.6 is 0 Å². The Hall–Kier alpha value is -0.610. The number of hydrogen-bond acceptors (Lipinski definition) is 3. The van der Waals surface area contributed by atoms with Crippen molar-refractivity contribution in [2.45, 2.75) is 63.6 Å². The van der Waals surface area contributed by atoms with Crippen molar-refractivity contribution in [2.24, 2.45) is 0 Å². The van der Waals surface area contributed by atoms with E-state index in [0.717, 1.165) is 32.2 Å². The summed E-state index contributed by atoms with van der Waals surface area (Å²) in [6.07, 6.45) is 6.57. The number of amides is 1. The number of likely N-dealkylation sites (tertiary alicyclic amines) is 1. The summed E-state index contributed by atoms with van der Waals surface area (Å²) in [6, 6.07) is 0.771. The van der Waals surface area contributed by atoms with Crippen molar-refractivity contribution in [3.05, 3.63) is 0 Å². The molecule has 1 aliphatic carbocycles. The largest absolute Gasteiger partial charge is 0.396 e. The number of rotatable bonds is 5. The van der Waals surface area contributed by atoms with E-state index in [0.29, 0.717) is 12.1 Å². The lowest BCUT2D eigenvalue weighted by Crippen LogP contribution is -2.52. The summed E-state index contributed by atoms with van der Waals surface area (Å²) in [6.45, 7) is 3.20. The van der Waals surface area contributed by atoms with E-state index in [1.165, 1.54) is 12.8 Å². The normalized spacial score (nSPS) is 27.8. The highest BCUT2D eigenvalue weighted by molar-refractivity contribution is 5.81. The van der Waals surface area contributed by atoms with Crippen molar-refractivity contribution < 1.29 is 9.90 Å². The highest BCUT2D eigenvalue weighted by Crippen LogP contribution is 2.23. The van der Waals surface area contributed by atoms with Crippen LogP contribution in [-0.2, 0) is 4.79 Å². The molecule has 1 saturated heterocycles. The Morgan fingerprint density at radius 3 is 2.82 bits per heavy atom. The minimum Gasteiger partial charge on any atom is -0.396 e. The Morgan fingerprint density at radius 1 is 1.41 bits per heavy atom. The van der Waals surface area contributed by atoms with E-state index in [1.54, 1.807) is 0 Å². The third kappa shape index (κ3) is 3.42. The molecule has 0 bridgehead atoms. The van der Waals surface area contributed by atoms with Gasteiger partial charge in [0.25, 0.3) is 0 Å². The van der Waals surface area contributed by atoms with Crippen LogP contribution in [0.15, 0.2) is 0 Å². The zero-order valence-electron chi connectivity index (χ0n) is 10.7. The summed E-state index contributed by atoms with van der Waals surface area (Å²) in [4.78, 5) is 14.3. The monoisotopic (exact) mass is 240 g/mol. The first-order chi connectivity index (χ1) is 8.22. The maximum atomic E-state index is 12.0. The van der Waals surface area contributed by atoms with Crippen LogP contribution in [0, 0.1) is 0 Å². The second-order valence-electron chi connectivity index (χ2n) is 5.36. The molecular weight excluding hydrogens is 216 g/mol. The van der Waals surface area contributed by atoms with Crippen LogP contribution in [0.4, 0.5) is 0 Å². The summed E-state index contributed by atoms with van der Waals surface area (Å²) in [5.41, 5.74) is 0. The van der Waals surface area contributed by atoms with Crippen molar-refractivity contribution in [2.75, 3.05) is 13.2 Å². The van der Waals surface area contributed by atoms with Crippen molar-refractivity contribution in [3.63, 3.8) is 0 Å². The van der Waals surface area contributed by atoms with Gasteiger partial charge < -0.3 is 10.4 Å². The van der Waals surface area contributed by atoms with Crippen LogP contribution in [0.2, 0.25) is 0 Å². The van der Waals surface area contributed by atoms with Gasteiger partial charge in [0.1, 0.15) is 0 Å². The van der Waals surface area contributed by atoms with Crippen LogP contribution in [0.1, 0.15) is 45.4 Å². The summed E-state index contributed by atoms with van der Waals surface area (Å²) in [5, 5.41) is 12.2. The number of nitrogens with zero attached hydrogens (tertiary/aromatic N) is 1. The van der Waals surface area contributed by atoms with Crippen LogP contribution in [0.3, 0.4) is 0 Å². The highest BCUT2D eigenvalue weighted by Gasteiger charge is 2.32. The first-order valence-corrected chi connectivity index (χ1v) is 6.89. The molecule has 0 aromatic heterocycles. The zero-order chi connectivity index (χ0) is 12.3. The van der Waals surface area contributed by atoms with Crippen LogP contribution in [0.5, 0.6) is 0 Å². The quantitative estimate of drug-likeness (QED) is 0.750. The molecule has 98 valence electrons. The lowest BCUT2D eigenvalue weighted by atomic mass is 9.97. The number of piperidine rings is 1. The molecule has 1 amide bonds. The topological polar surface area (TPSA) is 52.6 Å². The van der Waals surface area contributed by atoms with E-state index in [2.05, 4.69) is 10.2 Å². The third-order valence-corrected chi connectivity index (χ3v) is 3.94. The lowest BCUT2D eigenvalue weighted by molar-refractivity contribution is -0.127. The average molecular weight is 240 g/mol. The van der Waals surface area contributed by atoms with Gasteiger partial charge in [-0.25, -0.2) is 0 Å². The molecule has 2 N–H and O–H groups in total. The number of aliphatic hydroxyl groups is 1. The first kappa shape index (κ1) is 12.8. The van der Waals surface area contributed by atoms with Crippen LogP contribution in [-0.4, -0.2) is 47.2 Å². The van der Waals surface area contributed by atoms with Gasteiger partial charge in [0.05, 0.1) is 6.04 Å². The lowest BCUT2D eigenvalue weighted by Gasteiger charge is -2.39. The van der Waals surface area contributed by atoms with Crippen molar-refractivity contribution >= 4 is 5.91 Å². The van der Waals surface area contributed by atoms with E-state index < -0.39 is 0 Å². The Kier molecular flexibility index (Phi) is 4.40. The van der Waals surface area contributed by atoms with Crippen molar-refractivity contribution in [1.29, 1.82) is 0 Å². The smallest absolute Gasteiger partial charge is 0.237 e. The summed E-state index contributed by atoms with van der Waals surface area (Å²) >= 11 is 0. The highest BCUT2D eigenvalue weighted by atomic mass is 16.3. The van der Waals surface area contributed by atoms with E-state index >= 15 is 0 Å². The first-order valence-electron chi connectivity index (χ1n) is 6.89. The molecule has 2 fully saturated rings. The summed E-state index contributed by atoms with van der Waals surface area (Å²) in [5.74, 6) is 0.164. The Morgan fingerprint density at radius 2 is 2.18 bits per heavy atom. The molecule has 1 aliphatic heterocycles. The van der Waals surface area contributed by atoms with Gasteiger partial charge >= 0.3 is 0 Å². The fourth-order valence-corrected chi connectivity index (χ4v) is 2.69. The molecule has 0 aromatic rings. The standard InChI is InChI=1S/C13H24N2O2/c1-10(13(17)14-11-5-6-11)15-8-3-2-4-12(15)7-9-16/h10-12,16H,2-9H2,1H3,(H,14,17). The molecule has 2 rings (SSSR count). The summed E-state index contributed by atoms with van der Waals surface area (Å²) < 4.78 is 0. The molecule has 0 radical (unpaired) electrons. The number of carbonyl (C=O) groups is 1. The molecule has 0 aromatic carbocycles. The molecular formula is C13H24N2O2. The second kappa shape index (κ2) is 5.83. The minimum atomic E-state index is -0.0487. The predicted molar refractivity (Wildman–Crippen MR) is 66.7 cm³/mol. The molecule has 1 saturated carbocycles. The van der Waals surface area contributed by atoms with Gasteiger partial charge in [0.2, 0.25) is 5.91 Å². The van der Waals surface area contributed by atoms with Gasteiger partial charge in [-0.3, -0.25) is 9.69 Å². The van der Waals surface area contributed by atoms with Crippen molar-refractivity contribution in [1.82, 2.24) is 10.2 Å². The fraction of sp³-hybridized carbons (Fsp3) is 0.923. The zero-order valence-corrected chi connectivity index (χ0v) is 10.7. The molecule has 4 heteroatoms. The fourth-order valence-electron chi connectivity index (χ4n) is 2.69. The minimum absolute atomic E-state index is 0.0487. The molecule has 2 atom stereocenters. The molecule has 1 heterocycles. The van der Waals surface area contributed by atoms with Gasteiger partial charge in [0, 0.05) is 18.7 Å². The average Bonchev–Trinajstić information content (AvgIpc) is 3.13. The number of hydrogen-bond donors (Lipinski definition) is 2. The maximum Gasteiger partial charge on any atom is 0.237 e. The van der Waals surface area contributed by atoms with Gasteiger partial charge in [-0.1, -0.05) is 6.42 Å². The number of nitrogens with one attached hydrogen (secondary N) is 1. The SMILES string of the molecule is CC(C(=O)NC1CC1)N1CCCCC1CCO. The summed E-state index contributed by atoms with van der Waals surface area (Å²) in [7, 11) is 0. The Balaban J connectivity index is 1.89. The molecule has 0 spiro atoms. The van der Waals surface area contributed by atoms with Crippen LogP contribution in [0.25, 0.3) is 0 Å². The van der Waals surface area contributed by atoms with E-state index in [-0.39, 0.29) is 18.6 Å². The molecule has 4 nitrogen and oxygen atoms in total. The number of carbonyl (C=O) groups excluding carboxylic acids is 1. The van der Waals surface area contributed by atoms with Crippen molar-refractivity contribution in [3.8, 4) is 0 Å². The van der Waals surface area contributed by atoms with E-state index in [9.17, 15) is 4.79 Å². The van der Waals surface area contributed by atoms with Gasteiger partial charge in [-0.15, -0.1) is 0 Å². The van der Waals surface area contributed by atoms with Gasteiger partial charge in [-0.2, -0.15) is 0 Å². The van der Waals surface area contributed by atoms with E-state index in [1.807, 2.05) is 6.92 Å². The molecule has 2 unspecified atom stereocenters. The molecule has 17 heavy (non-hydrogen) atoms. The van der Waals surface area contributed by atoms with Gasteiger partial charge in [-0.05, 0) is 45.6 Å². The third-order valence-electron chi connectivity index (χ3n) is 3.94. The van der Waals surface area contributed by atoms with Gasteiger partial charge in [0.15, 0.2) is 0 Å². The Labute approximate surface area is 103 Å².